The zero-order valence-corrected chi connectivity index (χ0v) is 48.6. The minimum Gasteiger partial charge on any atom is -0.481 e. The monoisotopic (exact) mass is 1230 g/mol. The second-order valence-corrected chi connectivity index (χ2v) is 20.8. The van der Waals surface area contributed by atoms with Crippen LogP contribution in [0.2, 0.25) is 0 Å². The second-order valence-electron chi connectivity index (χ2n) is 19.9. The number of carboxylic acids is 5. The van der Waals surface area contributed by atoms with Crippen LogP contribution in [0.5, 0.6) is 0 Å². The smallest absolute Gasteiger partial charge is 0.303 e. The van der Waals surface area contributed by atoms with Crippen LogP contribution in [0.25, 0.3) is 0 Å². The number of hydrogen-bond acceptors (Lipinski definition) is 19. The third-order valence-corrected chi connectivity index (χ3v) is 13.2. The molecule has 1 aliphatic rings. The van der Waals surface area contributed by atoms with Gasteiger partial charge in [-0.15, -0.1) is 0 Å². The van der Waals surface area contributed by atoms with Crippen molar-refractivity contribution >= 4 is 107 Å². The number of amides is 11. The molecule has 0 bridgehead atoms. The Hall–Kier alpha value is -8.21. The van der Waals surface area contributed by atoms with E-state index in [4.69, 9.17) is 15.6 Å². The first-order chi connectivity index (χ1) is 39.9. The Morgan fingerprint density at radius 2 is 0.976 bits per heavy atom. The second kappa shape index (κ2) is 39.4. The Morgan fingerprint density at radius 3 is 1.42 bits per heavy atom. The normalized spacial score (nSPS) is 15.5. The van der Waals surface area contributed by atoms with Gasteiger partial charge in [-0.1, -0.05) is 13.8 Å². The van der Waals surface area contributed by atoms with Crippen LogP contribution < -0.4 is 58.9 Å². The molecule has 1 rings (SSSR count). The molecule has 0 aromatic rings. The Balaban J connectivity index is 3.09. The summed E-state index contributed by atoms with van der Waals surface area (Å²) in [6.45, 7) is 3.28. The van der Waals surface area contributed by atoms with Crippen molar-refractivity contribution in [3.63, 3.8) is 0 Å². The van der Waals surface area contributed by atoms with Crippen LogP contribution in [0.1, 0.15) is 104 Å². The number of carboxylic acid groups (broad SMARTS) is 5. The lowest BCUT2D eigenvalue weighted by Crippen LogP contribution is -2.59. The maximum absolute atomic E-state index is 13.7. The van der Waals surface area contributed by atoms with Crippen LogP contribution in [-0.2, 0) is 81.4 Å². The number of ether oxygens (including phenoxy) is 1. The van der Waals surface area contributed by atoms with Crippen LogP contribution in [0.15, 0.2) is 0 Å². The van der Waals surface area contributed by atoms with E-state index in [0.29, 0.717) is 6.42 Å². The van der Waals surface area contributed by atoms with Crippen LogP contribution in [0, 0.1) is 5.92 Å². The molecule has 85 heavy (non-hydrogen) atoms. The highest BCUT2D eigenvalue weighted by atomic mass is 32.2. The number of hydrogen-bond donors (Lipinski definition) is 16. The van der Waals surface area contributed by atoms with Gasteiger partial charge in [-0.2, -0.15) is 11.8 Å². The fraction of sp³-hybridized carbons (Fsp3) is 0.680. The van der Waals surface area contributed by atoms with Gasteiger partial charge in [-0.05, 0) is 70.5 Å². The number of rotatable bonds is 42. The predicted octanol–water partition coefficient (Wildman–Crippen LogP) is -5.55. The highest BCUT2D eigenvalue weighted by Crippen LogP contribution is 2.19. The minimum absolute atomic E-state index is 0.129. The van der Waals surface area contributed by atoms with Gasteiger partial charge in [-0.25, -0.2) is 0 Å². The van der Waals surface area contributed by atoms with Gasteiger partial charge in [0.15, 0.2) is 0 Å². The largest absolute Gasteiger partial charge is 0.481 e. The van der Waals surface area contributed by atoms with Gasteiger partial charge in [0.2, 0.25) is 65.0 Å². The molecule has 478 valence electrons. The zero-order chi connectivity index (χ0) is 64.5. The highest BCUT2D eigenvalue weighted by Gasteiger charge is 2.37. The molecular formula is C50H80N12O22S. The Labute approximate surface area is 492 Å². The number of thioether (sulfide) groups is 1. The summed E-state index contributed by atoms with van der Waals surface area (Å²) in [6.07, 6.45) is -4.10. The molecule has 0 saturated carbocycles. The molecular weight excluding hydrogens is 1150 g/mol. The molecule has 1 aliphatic heterocycles. The van der Waals surface area contributed by atoms with Gasteiger partial charge in [-0.3, -0.25) is 76.7 Å². The number of likely N-dealkylation sites (tertiary alicyclic amines) is 1. The Bertz CT molecular complexity index is 2400. The van der Waals surface area contributed by atoms with E-state index in [1.165, 1.54) is 30.6 Å². The SMILES string of the molecule is CNC(=O)[C@H](C)NC(=O)[C@H](CSC)NC(=O)CNC(=O)[C@H](CC(C)C)NC(=O)[C@@H]1CCCN1C(=O)COCCNC(=O)[C@@H](CCC(=O)O)NC(=O)[C@@H](CCC(=O)O)NC(=O)[C@@H](CCC(=O)O)NC(=O)[C@@H](CCC(=O)O)NC(=O)[C@H](N)CCC(=O)O. The lowest BCUT2D eigenvalue weighted by Gasteiger charge is -2.27. The molecule has 35 heteroatoms. The van der Waals surface area contributed by atoms with E-state index < -0.39 is 227 Å². The molecule has 17 N–H and O–H groups in total. The summed E-state index contributed by atoms with van der Waals surface area (Å²) in [7, 11) is 1.40. The predicted molar refractivity (Wildman–Crippen MR) is 295 cm³/mol. The molecule has 0 aliphatic carbocycles. The number of nitrogens with one attached hydrogen (secondary N) is 10. The summed E-state index contributed by atoms with van der Waals surface area (Å²) in [6, 6.07) is -12.7. The fourth-order valence-corrected chi connectivity index (χ4v) is 8.62. The lowest BCUT2D eigenvalue weighted by molar-refractivity contribution is -0.142. The van der Waals surface area contributed by atoms with Crippen molar-refractivity contribution in [3.8, 4) is 0 Å². The quantitative estimate of drug-likeness (QED) is 0.0254. The fourth-order valence-electron chi connectivity index (χ4n) is 8.05. The topological polar surface area (TPSA) is 533 Å². The van der Waals surface area contributed by atoms with Gasteiger partial charge in [0.25, 0.3) is 0 Å². The average Bonchev–Trinajstić information content (AvgIpc) is 3.62. The first-order valence-electron chi connectivity index (χ1n) is 27.0. The zero-order valence-electron chi connectivity index (χ0n) is 47.8. The number of nitrogens with zero attached hydrogens (tertiary/aromatic N) is 1. The van der Waals surface area contributed by atoms with Crippen LogP contribution in [0.3, 0.4) is 0 Å². The minimum atomic E-state index is -1.86. The van der Waals surface area contributed by atoms with Gasteiger partial charge >= 0.3 is 29.8 Å². The Morgan fingerprint density at radius 1 is 0.541 bits per heavy atom. The molecule has 0 spiro atoms. The molecule has 0 radical (unpaired) electrons. The highest BCUT2D eigenvalue weighted by molar-refractivity contribution is 7.98. The third-order valence-electron chi connectivity index (χ3n) is 12.5. The summed E-state index contributed by atoms with van der Waals surface area (Å²) in [5, 5.41) is 70.1. The summed E-state index contributed by atoms with van der Waals surface area (Å²) in [5.74, 6) is -16.8. The van der Waals surface area contributed by atoms with Crippen molar-refractivity contribution in [2.45, 2.75) is 159 Å². The molecule has 1 heterocycles. The molecule has 9 atom stereocenters. The number of nitrogens with two attached hydrogens (primary N) is 1. The van der Waals surface area contributed by atoms with Crippen molar-refractivity contribution in [1.82, 2.24) is 58.1 Å². The van der Waals surface area contributed by atoms with Crippen molar-refractivity contribution in [1.29, 1.82) is 0 Å². The first-order valence-corrected chi connectivity index (χ1v) is 28.4. The third kappa shape index (κ3) is 30.3. The molecule has 0 aromatic carbocycles. The van der Waals surface area contributed by atoms with Crippen LogP contribution in [-0.4, -0.2) is 232 Å². The van der Waals surface area contributed by atoms with E-state index in [9.17, 15) is 97.1 Å². The number of carbonyl (C=O) groups excluding carboxylic acids is 11. The standard InChI is InChI=1S/C50H80N12O22S/c1-25(2)21-32(45(78)54-22-35(63)56-33(24-85-5)49(82)55-26(3)42(75)52-4)61-50(83)34-7-6-19-62(34)36(64)23-84-20-18-53-44(77)28(9-14-38(67)68)58-47(80)30(11-16-40(71)72)60-48(81)31(12-17-41(73)74)59-46(79)29(10-15-39(69)70)57-43(76)27(51)8-13-37(65)66/h25-34H,6-24,51H2,1-5H3,(H,52,75)(H,53,77)(H,54,78)(H,55,82)(H,56,63)(H,57,76)(H,58,80)(H,59,79)(H,60,81)(H,61,83)(H,65,66)(H,67,68)(H,69,70)(H,71,72)(H,73,74)/t26-,27+,28+,29+,30+,31+,32-,33-,34-/m0/s1. The van der Waals surface area contributed by atoms with Crippen molar-refractivity contribution in [2.24, 2.45) is 11.7 Å². The molecule has 0 unspecified atom stereocenters. The van der Waals surface area contributed by atoms with E-state index in [2.05, 4.69) is 53.2 Å². The van der Waals surface area contributed by atoms with Gasteiger partial charge in [0.05, 0.1) is 19.2 Å². The first kappa shape index (κ1) is 74.8. The summed E-state index contributed by atoms with van der Waals surface area (Å²) >= 11 is 1.25. The van der Waals surface area contributed by atoms with E-state index >= 15 is 0 Å². The average molecular weight is 1230 g/mol. The van der Waals surface area contributed by atoms with Gasteiger partial charge in [0, 0.05) is 58.0 Å². The molecule has 1 fully saturated rings. The van der Waals surface area contributed by atoms with Crippen molar-refractivity contribution in [3.05, 3.63) is 0 Å². The van der Waals surface area contributed by atoms with Crippen molar-refractivity contribution < 1.29 is 107 Å². The van der Waals surface area contributed by atoms with Crippen LogP contribution in [0.4, 0.5) is 0 Å². The summed E-state index contributed by atoms with van der Waals surface area (Å²) < 4.78 is 5.46. The lowest BCUT2D eigenvalue weighted by atomic mass is 10.0. The molecule has 34 nitrogen and oxygen atoms in total. The maximum Gasteiger partial charge on any atom is 0.303 e. The van der Waals surface area contributed by atoms with E-state index in [-0.39, 0.29) is 44.2 Å². The summed E-state index contributed by atoms with van der Waals surface area (Å²) in [5.41, 5.74) is 5.72. The van der Waals surface area contributed by atoms with Crippen LogP contribution >= 0.6 is 11.8 Å². The number of aliphatic carboxylic acids is 5. The van der Waals surface area contributed by atoms with E-state index in [1.807, 2.05) is 0 Å². The summed E-state index contributed by atoms with van der Waals surface area (Å²) in [4.78, 5) is 203. The maximum atomic E-state index is 13.7. The molecule has 11 amide bonds. The molecule has 0 aromatic heterocycles. The Kier molecular flexibility index (Phi) is 34.6. The molecule has 1 saturated heterocycles. The van der Waals surface area contributed by atoms with Gasteiger partial charge < -0.3 is 94.1 Å². The number of carbonyl (C=O) groups is 16. The van der Waals surface area contributed by atoms with Gasteiger partial charge in [0.1, 0.15) is 54.9 Å². The van der Waals surface area contributed by atoms with Crippen molar-refractivity contribution in [2.75, 3.05) is 51.9 Å². The number of likely N-dealkylation sites (N-methyl/N-ethyl adjacent to an activating group) is 1. The van der Waals surface area contributed by atoms with E-state index in [0.717, 1.165) is 0 Å². The van der Waals surface area contributed by atoms with E-state index in [1.54, 1.807) is 20.1 Å².